The van der Waals surface area contributed by atoms with E-state index >= 15 is 0 Å². The van der Waals surface area contributed by atoms with Crippen LogP contribution in [0.25, 0.3) is 0 Å². The van der Waals surface area contributed by atoms with E-state index in [9.17, 15) is 13.2 Å². The van der Waals surface area contributed by atoms with Crippen LogP contribution in [0.15, 0.2) is 0 Å². The van der Waals surface area contributed by atoms with E-state index in [1.807, 2.05) is 0 Å². The Morgan fingerprint density at radius 1 is 1.19 bits per heavy atom. The molecule has 1 aliphatic rings. The second-order valence-corrected chi connectivity index (χ2v) is 10.2. The minimum absolute atomic E-state index is 0.0807. The van der Waals surface area contributed by atoms with Crippen LogP contribution < -0.4 is 5.32 Å². The van der Waals surface area contributed by atoms with E-state index in [1.54, 1.807) is 34.6 Å². The van der Waals surface area contributed by atoms with E-state index in [2.05, 4.69) is 5.32 Å². The summed E-state index contributed by atoms with van der Waals surface area (Å²) < 4.78 is 33.8. The van der Waals surface area contributed by atoms with Crippen molar-refractivity contribution in [2.75, 3.05) is 20.3 Å². The SMILES string of the molecule is COCC(C)(C)S(=O)(=O)C1(CNC(=O)OC(C)(C)C)CC1. The van der Waals surface area contributed by atoms with Gasteiger partial charge in [0.2, 0.25) is 0 Å². The highest BCUT2D eigenvalue weighted by Crippen LogP contribution is 2.47. The van der Waals surface area contributed by atoms with Crippen molar-refractivity contribution in [3.05, 3.63) is 0 Å². The second-order valence-electron chi connectivity index (χ2n) is 7.23. The predicted molar refractivity (Wildman–Crippen MR) is 81.1 cm³/mol. The lowest BCUT2D eigenvalue weighted by Crippen LogP contribution is -2.49. The smallest absolute Gasteiger partial charge is 0.407 e. The summed E-state index contributed by atoms with van der Waals surface area (Å²) >= 11 is 0. The van der Waals surface area contributed by atoms with Crippen molar-refractivity contribution in [2.45, 2.75) is 62.6 Å². The highest BCUT2D eigenvalue weighted by atomic mass is 32.2. The predicted octanol–water partition coefficient (Wildman–Crippen LogP) is 1.88. The fourth-order valence-electron chi connectivity index (χ4n) is 2.24. The number of methoxy groups -OCH3 is 1. The first-order chi connectivity index (χ1) is 9.37. The summed E-state index contributed by atoms with van der Waals surface area (Å²) in [6, 6.07) is 0. The molecule has 21 heavy (non-hydrogen) atoms. The molecule has 1 rings (SSSR count). The van der Waals surface area contributed by atoms with Gasteiger partial charge in [0.15, 0.2) is 9.84 Å². The summed E-state index contributed by atoms with van der Waals surface area (Å²) in [5, 5.41) is 2.58. The Labute approximate surface area is 127 Å². The molecule has 0 unspecified atom stereocenters. The molecule has 1 N–H and O–H groups in total. The number of amides is 1. The lowest BCUT2D eigenvalue weighted by atomic mass is 10.2. The molecule has 0 aromatic carbocycles. The van der Waals surface area contributed by atoms with Gasteiger partial charge in [-0.15, -0.1) is 0 Å². The van der Waals surface area contributed by atoms with E-state index in [1.165, 1.54) is 7.11 Å². The van der Waals surface area contributed by atoms with Gasteiger partial charge < -0.3 is 14.8 Å². The number of carbonyl (C=O) groups excluding carboxylic acids is 1. The number of hydrogen-bond donors (Lipinski definition) is 1. The molecule has 0 spiro atoms. The van der Waals surface area contributed by atoms with E-state index < -0.39 is 31.0 Å². The third-order valence-electron chi connectivity index (χ3n) is 3.55. The zero-order valence-electron chi connectivity index (χ0n) is 13.8. The minimum atomic E-state index is -3.42. The Morgan fingerprint density at radius 2 is 1.71 bits per heavy atom. The van der Waals surface area contributed by atoms with Crippen LogP contribution in [0.2, 0.25) is 0 Å². The van der Waals surface area contributed by atoms with E-state index in [4.69, 9.17) is 9.47 Å². The molecule has 1 aliphatic carbocycles. The number of alkyl carbamates (subject to hydrolysis) is 1. The highest BCUT2D eigenvalue weighted by Gasteiger charge is 2.59. The van der Waals surface area contributed by atoms with Gasteiger partial charge in [0.05, 0.1) is 16.1 Å². The van der Waals surface area contributed by atoms with Crippen LogP contribution in [0.4, 0.5) is 4.79 Å². The third-order valence-corrected chi connectivity index (χ3v) is 6.82. The van der Waals surface area contributed by atoms with Crippen molar-refractivity contribution in [1.29, 1.82) is 0 Å². The number of ether oxygens (including phenoxy) is 2. The summed E-state index contributed by atoms with van der Waals surface area (Å²) in [6.45, 7) is 8.80. The molecule has 124 valence electrons. The molecular formula is C14H27NO5S. The fraction of sp³-hybridized carbons (Fsp3) is 0.929. The van der Waals surface area contributed by atoms with Crippen LogP contribution >= 0.6 is 0 Å². The molecule has 1 saturated carbocycles. The molecule has 0 saturated heterocycles. The zero-order chi connectivity index (χ0) is 16.5. The molecule has 0 radical (unpaired) electrons. The van der Waals surface area contributed by atoms with Crippen LogP contribution in [0.3, 0.4) is 0 Å². The second kappa shape index (κ2) is 5.76. The summed E-state index contributed by atoms with van der Waals surface area (Å²) in [4.78, 5) is 11.7. The largest absolute Gasteiger partial charge is 0.444 e. The minimum Gasteiger partial charge on any atom is -0.444 e. The quantitative estimate of drug-likeness (QED) is 0.808. The summed E-state index contributed by atoms with van der Waals surface area (Å²) in [5.74, 6) is 0. The van der Waals surface area contributed by atoms with Gasteiger partial charge in [0, 0.05) is 13.7 Å². The van der Waals surface area contributed by atoms with Crippen LogP contribution in [-0.4, -0.2) is 49.9 Å². The Balaban J connectivity index is 2.73. The van der Waals surface area contributed by atoms with Gasteiger partial charge in [-0.2, -0.15) is 0 Å². The Kier molecular flexibility index (Phi) is 5.00. The molecule has 6 nitrogen and oxygen atoms in total. The maximum Gasteiger partial charge on any atom is 0.407 e. The van der Waals surface area contributed by atoms with Gasteiger partial charge in [-0.1, -0.05) is 0 Å². The third kappa shape index (κ3) is 4.10. The van der Waals surface area contributed by atoms with Gasteiger partial charge in [0.1, 0.15) is 5.60 Å². The van der Waals surface area contributed by atoms with E-state index in [0.29, 0.717) is 12.8 Å². The molecule has 0 heterocycles. The molecule has 0 bridgehead atoms. The van der Waals surface area contributed by atoms with Gasteiger partial charge in [0.25, 0.3) is 0 Å². The van der Waals surface area contributed by atoms with Crippen molar-refractivity contribution in [3.8, 4) is 0 Å². The fourth-order valence-corrected chi connectivity index (χ4v) is 4.59. The van der Waals surface area contributed by atoms with Crippen LogP contribution in [0.5, 0.6) is 0 Å². The lowest BCUT2D eigenvalue weighted by molar-refractivity contribution is 0.0526. The molecule has 0 aliphatic heterocycles. The van der Waals surface area contributed by atoms with Crippen molar-refractivity contribution < 1.29 is 22.7 Å². The average Bonchev–Trinajstić information content (AvgIpc) is 3.04. The topological polar surface area (TPSA) is 81.7 Å². The van der Waals surface area contributed by atoms with Crippen LogP contribution in [-0.2, 0) is 19.3 Å². The molecule has 1 amide bonds. The Hall–Kier alpha value is -0.820. The summed E-state index contributed by atoms with van der Waals surface area (Å²) in [7, 11) is -1.94. The zero-order valence-corrected chi connectivity index (χ0v) is 14.6. The average molecular weight is 321 g/mol. The normalized spacial score (nSPS) is 18.2. The Morgan fingerprint density at radius 3 is 2.10 bits per heavy atom. The van der Waals surface area contributed by atoms with Crippen LogP contribution in [0.1, 0.15) is 47.5 Å². The summed E-state index contributed by atoms with van der Waals surface area (Å²) in [6.07, 6.45) is 0.518. The maximum absolute atomic E-state index is 12.8. The van der Waals surface area contributed by atoms with Crippen molar-refractivity contribution in [1.82, 2.24) is 5.32 Å². The molecule has 0 aromatic rings. The Bertz CT molecular complexity index is 486. The maximum atomic E-state index is 12.8. The van der Waals surface area contributed by atoms with Crippen molar-refractivity contribution >= 4 is 15.9 Å². The first-order valence-corrected chi connectivity index (χ1v) is 8.55. The summed E-state index contributed by atoms with van der Waals surface area (Å²) in [5.41, 5.74) is -0.602. The lowest BCUT2D eigenvalue weighted by Gasteiger charge is -2.30. The highest BCUT2D eigenvalue weighted by molar-refractivity contribution is 7.94. The van der Waals surface area contributed by atoms with E-state index in [-0.39, 0.29) is 13.2 Å². The number of rotatable bonds is 6. The standard InChI is InChI=1S/C14H27NO5S/c1-12(2,3)20-11(16)15-9-14(7-8-14)21(17,18)13(4,5)10-19-6/h7-10H2,1-6H3,(H,15,16). The molecule has 0 aromatic heterocycles. The van der Waals surface area contributed by atoms with Crippen molar-refractivity contribution in [3.63, 3.8) is 0 Å². The number of carbonyl (C=O) groups is 1. The molecule has 1 fully saturated rings. The monoisotopic (exact) mass is 321 g/mol. The molecular weight excluding hydrogens is 294 g/mol. The van der Waals surface area contributed by atoms with Crippen molar-refractivity contribution in [2.24, 2.45) is 0 Å². The van der Waals surface area contributed by atoms with Gasteiger partial charge in [-0.05, 0) is 47.5 Å². The first-order valence-electron chi connectivity index (χ1n) is 7.07. The first kappa shape index (κ1) is 18.2. The number of nitrogens with one attached hydrogen (secondary N) is 1. The van der Waals surface area contributed by atoms with Gasteiger partial charge >= 0.3 is 6.09 Å². The number of hydrogen-bond acceptors (Lipinski definition) is 5. The van der Waals surface area contributed by atoms with Gasteiger partial charge in [-0.25, -0.2) is 13.2 Å². The number of sulfone groups is 1. The molecule has 7 heteroatoms. The molecule has 0 atom stereocenters. The van der Waals surface area contributed by atoms with Crippen LogP contribution in [0, 0.1) is 0 Å². The van der Waals surface area contributed by atoms with Gasteiger partial charge in [-0.3, -0.25) is 0 Å². The van der Waals surface area contributed by atoms with E-state index in [0.717, 1.165) is 0 Å².